The monoisotopic (exact) mass is 329 g/mol. The van der Waals surface area contributed by atoms with Crippen LogP contribution >= 0.6 is 0 Å². The number of carbonyl (C=O) groups excluding carboxylic acids is 2. The van der Waals surface area contributed by atoms with Crippen LogP contribution in [0, 0.1) is 6.92 Å². The average Bonchev–Trinajstić information content (AvgIpc) is 3.19. The Kier molecular flexibility index (Phi) is 4.79. The minimum absolute atomic E-state index is 0.0389. The largest absolute Gasteiger partial charge is 0.484 e. The topological polar surface area (TPSA) is 75.9 Å². The molecule has 1 aliphatic heterocycles. The van der Waals surface area contributed by atoms with Crippen molar-refractivity contribution >= 4 is 17.6 Å². The van der Waals surface area contributed by atoms with Crippen molar-refractivity contribution in [1.82, 2.24) is 10.1 Å². The van der Waals surface area contributed by atoms with E-state index in [0.29, 0.717) is 30.3 Å². The number of likely N-dealkylation sites (tertiary alicyclic amines) is 1. The van der Waals surface area contributed by atoms with Crippen LogP contribution in [0.1, 0.15) is 18.6 Å². The maximum Gasteiger partial charge on any atom is 0.267 e. The average molecular weight is 329 g/mol. The predicted octanol–water partition coefficient (Wildman–Crippen LogP) is 1.97. The second-order valence-corrected chi connectivity index (χ2v) is 5.62. The maximum atomic E-state index is 12.6. The Morgan fingerprint density at radius 1 is 1.38 bits per heavy atom. The molecule has 1 aromatic heterocycles. The summed E-state index contributed by atoms with van der Waals surface area (Å²) in [5.74, 6) is 1.34. The van der Waals surface area contributed by atoms with Crippen LogP contribution in [0.2, 0.25) is 0 Å². The summed E-state index contributed by atoms with van der Waals surface area (Å²) in [6.07, 6.45) is 1.32. The number of anilines is 1. The molecule has 0 aliphatic carbocycles. The number of rotatable bonds is 6. The van der Waals surface area contributed by atoms with Gasteiger partial charge in [-0.3, -0.25) is 14.5 Å². The molecule has 0 saturated carbocycles. The molecule has 2 heterocycles. The van der Waals surface area contributed by atoms with E-state index in [-0.39, 0.29) is 25.1 Å². The molecule has 0 N–H and O–H groups in total. The number of aromatic nitrogens is 1. The lowest BCUT2D eigenvalue weighted by Gasteiger charge is -2.25. The van der Waals surface area contributed by atoms with E-state index in [1.807, 2.05) is 18.2 Å². The van der Waals surface area contributed by atoms with E-state index in [4.69, 9.17) is 9.26 Å². The number of carbonyl (C=O) groups is 2. The Hall–Kier alpha value is -2.83. The van der Waals surface area contributed by atoms with E-state index in [1.165, 1.54) is 4.90 Å². The SMILES string of the molecule is Cc1cc(N(CN2CCCC2=O)C(=O)COc2ccccc2)no1. The van der Waals surface area contributed by atoms with Crippen molar-refractivity contribution < 1.29 is 18.8 Å². The zero-order valence-corrected chi connectivity index (χ0v) is 13.5. The molecular formula is C17H19N3O4. The number of aryl methyl sites for hydroxylation is 1. The Bertz CT molecular complexity index is 714. The Morgan fingerprint density at radius 2 is 2.17 bits per heavy atom. The fourth-order valence-electron chi connectivity index (χ4n) is 2.52. The maximum absolute atomic E-state index is 12.6. The second-order valence-electron chi connectivity index (χ2n) is 5.62. The van der Waals surface area contributed by atoms with Crippen molar-refractivity contribution in [2.45, 2.75) is 19.8 Å². The summed E-state index contributed by atoms with van der Waals surface area (Å²) in [6.45, 7) is 2.40. The van der Waals surface area contributed by atoms with Gasteiger partial charge in [0.05, 0.1) is 0 Å². The van der Waals surface area contributed by atoms with Gasteiger partial charge in [-0.25, -0.2) is 0 Å². The van der Waals surface area contributed by atoms with Crippen LogP contribution in [-0.4, -0.2) is 41.7 Å². The predicted molar refractivity (Wildman–Crippen MR) is 86.5 cm³/mol. The number of hydrogen-bond donors (Lipinski definition) is 0. The van der Waals surface area contributed by atoms with Gasteiger partial charge in [0.2, 0.25) is 5.91 Å². The first-order valence-electron chi connectivity index (χ1n) is 7.83. The molecular weight excluding hydrogens is 310 g/mol. The van der Waals surface area contributed by atoms with Crippen LogP contribution in [0.3, 0.4) is 0 Å². The van der Waals surface area contributed by atoms with E-state index in [2.05, 4.69) is 5.16 Å². The third-order valence-corrected chi connectivity index (χ3v) is 3.78. The fourth-order valence-corrected chi connectivity index (χ4v) is 2.52. The minimum atomic E-state index is -0.285. The summed E-state index contributed by atoms with van der Waals surface area (Å²) in [5.41, 5.74) is 0. The number of hydrogen-bond acceptors (Lipinski definition) is 5. The lowest BCUT2D eigenvalue weighted by molar-refractivity contribution is -0.128. The van der Waals surface area contributed by atoms with Gasteiger partial charge in [-0.2, -0.15) is 0 Å². The zero-order chi connectivity index (χ0) is 16.9. The van der Waals surface area contributed by atoms with E-state index in [0.717, 1.165) is 6.42 Å². The van der Waals surface area contributed by atoms with E-state index < -0.39 is 0 Å². The van der Waals surface area contributed by atoms with Gasteiger partial charge in [-0.15, -0.1) is 0 Å². The first kappa shape index (κ1) is 16.0. The molecule has 0 unspecified atom stereocenters. The number of para-hydroxylation sites is 1. The fraction of sp³-hybridized carbons (Fsp3) is 0.353. The van der Waals surface area contributed by atoms with Gasteiger partial charge in [-0.05, 0) is 25.5 Å². The minimum Gasteiger partial charge on any atom is -0.484 e. The third kappa shape index (κ3) is 3.73. The van der Waals surface area contributed by atoms with Gasteiger partial charge in [-0.1, -0.05) is 23.4 Å². The Labute approximate surface area is 139 Å². The highest BCUT2D eigenvalue weighted by atomic mass is 16.5. The molecule has 1 aromatic carbocycles. The standard InChI is InChI=1S/C17H19N3O4/c1-13-10-15(18-24-13)20(12-19-9-5-8-16(19)21)17(22)11-23-14-6-3-2-4-7-14/h2-4,6-7,10H,5,8-9,11-12H2,1H3. The smallest absolute Gasteiger partial charge is 0.267 e. The first-order chi connectivity index (χ1) is 11.6. The molecule has 2 aromatic rings. The first-order valence-corrected chi connectivity index (χ1v) is 7.83. The number of nitrogens with zero attached hydrogens (tertiary/aromatic N) is 3. The molecule has 0 bridgehead atoms. The number of ether oxygens (including phenoxy) is 1. The molecule has 1 aliphatic rings. The summed E-state index contributed by atoms with van der Waals surface area (Å²) in [7, 11) is 0. The molecule has 3 rings (SSSR count). The molecule has 0 radical (unpaired) electrons. The molecule has 1 saturated heterocycles. The molecule has 1 fully saturated rings. The third-order valence-electron chi connectivity index (χ3n) is 3.78. The normalized spacial score (nSPS) is 14.0. The van der Waals surface area contributed by atoms with Crippen molar-refractivity contribution in [1.29, 1.82) is 0 Å². The number of amides is 2. The van der Waals surface area contributed by atoms with Crippen LogP contribution in [0.4, 0.5) is 5.82 Å². The Balaban J connectivity index is 1.71. The van der Waals surface area contributed by atoms with Gasteiger partial charge < -0.3 is 14.2 Å². The van der Waals surface area contributed by atoms with Crippen molar-refractivity contribution in [3.8, 4) is 5.75 Å². The van der Waals surface area contributed by atoms with Crippen LogP contribution < -0.4 is 9.64 Å². The van der Waals surface area contributed by atoms with Gasteiger partial charge >= 0.3 is 0 Å². The van der Waals surface area contributed by atoms with Crippen LogP contribution in [0.5, 0.6) is 5.75 Å². The van der Waals surface area contributed by atoms with Gasteiger partial charge in [0.1, 0.15) is 18.2 Å². The molecule has 7 heteroatoms. The van der Waals surface area contributed by atoms with Gasteiger partial charge in [0.15, 0.2) is 12.4 Å². The summed E-state index contributed by atoms with van der Waals surface area (Å²) in [6, 6.07) is 10.8. The van der Waals surface area contributed by atoms with Gasteiger partial charge in [0, 0.05) is 19.0 Å². The quantitative estimate of drug-likeness (QED) is 0.810. The highest BCUT2D eigenvalue weighted by Crippen LogP contribution is 2.18. The number of benzene rings is 1. The van der Waals surface area contributed by atoms with Crippen LogP contribution in [0.25, 0.3) is 0 Å². The molecule has 126 valence electrons. The summed E-state index contributed by atoms with van der Waals surface area (Å²) >= 11 is 0. The lowest BCUT2D eigenvalue weighted by Crippen LogP contribution is -2.44. The molecule has 0 spiro atoms. The highest BCUT2D eigenvalue weighted by molar-refractivity contribution is 5.94. The van der Waals surface area contributed by atoms with Crippen LogP contribution in [-0.2, 0) is 9.59 Å². The molecule has 2 amide bonds. The second kappa shape index (κ2) is 7.16. The van der Waals surface area contributed by atoms with Crippen molar-refractivity contribution in [3.05, 3.63) is 42.2 Å². The summed E-state index contributed by atoms with van der Waals surface area (Å²) in [5, 5.41) is 3.90. The van der Waals surface area contributed by atoms with Gasteiger partial charge in [0.25, 0.3) is 5.91 Å². The molecule has 0 atom stereocenters. The molecule has 24 heavy (non-hydrogen) atoms. The van der Waals surface area contributed by atoms with E-state index >= 15 is 0 Å². The zero-order valence-electron chi connectivity index (χ0n) is 13.5. The van der Waals surface area contributed by atoms with Crippen molar-refractivity contribution in [2.24, 2.45) is 0 Å². The van der Waals surface area contributed by atoms with Crippen molar-refractivity contribution in [3.63, 3.8) is 0 Å². The molecule has 7 nitrogen and oxygen atoms in total. The van der Waals surface area contributed by atoms with Crippen LogP contribution in [0.15, 0.2) is 40.9 Å². The van der Waals surface area contributed by atoms with E-state index in [1.54, 1.807) is 30.0 Å². The van der Waals surface area contributed by atoms with E-state index in [9.17, 15) is 9.59 Å². The Morgan fingerprint density at radius 3 is 2.79 bits per heavy atom. The lowest BCUT2D eigenvalue weighted by atomic mass is 10.3. The van der Waals surface area contributed by atoms with Crippen molar-refractivity contribution in [2.75, 3.05) is 24.7 Å². The summed E-state index contributed by atoms with van der Waals surface area (Å²) in [4.78, 5) is 27.5. The highest BCUT2D eigenvalue weighted by Gasteiger charge is 2.27. The summed E-state index contributed by atoms with van der Waals surface area (Å²) < 4.78 is 10.6.